The summed E-state index contributed by atoms with van der Waals surface area (Å²) in [5, 5.41) is 4.24. The monoisotopic (exact) mass is 437 g/mol. The van der Waals surface area contributed by atoms with Gasteiger partial charge in [0.25, 0.3) is 5.91 Å². The molecule has 0 bridgehead atoms. The SMILES string of the molecule is CCCN(C(=O)c1ccccc1-c1ccc(Cn2cccn2)cc1)C1CCS(=O)(=O)C1. The van der Waals surface area contributed by atoms with Gasteiger partial charge < -0.3 is 4.90 Å². The summed E-state index contributed by atoms with van der Waals surface area (Å²) < 4.78 is 25.9. The molecule has 6 nitrogen and oxygen atoms in total. The van der Waals surface area contributed by atoms with E-state index in [1.54, 1.807) is 11.1 Å². The van der Waals surface area contributed by atoms with Crippen molar-refractivity contribution in [1.82, 2.24) is 14.7 Å². The van der Waals surface area contributed by atoms with E-state index in [1.807, 2.05) is 72.4 Å². The zero-order chi connectivity index (χ0) is 21.8. The largest absolute Gasteiger partial charge is 0.335 e. The highest BCUT2D eigenvalue weighted by atomic mass is 32.2. The molecule has 1 fully saturated rings. The molecule has 0 saturated carbocycles. The van der Waals surface area contributed by atoms with Gasteiger partial charge in [0.2, 0.25) is 0 Å². The van der Waals surface area contributed by atoms with Crippen molar-refractivity contribution in [2.24, 2.45) is 0 Å². The molecule has 1 atom stereocenters. The minimum atomic E-state index is -3.06. The summed E-state index contributed by atoms with van der Waals surface area (Å²) in [5.74, 6) is 0.119. The second-order valence-corrected chi connectivity index (χ2v) is 10.2. The van der Waals surface area contributed by atoms with Gasteiger partial charge in [-0.3, -0.25) is 9.48 Å². The van der Waals surface area contributed by atoms with Gasteiger partial charge in [0.15, 0.2) is 9.84 Å². The Labute approximate surface area is 183 Å². The first kappa shape index (κ1) is 21.3. The lowest BCUT2D eigenvalue weighted by Gasteiger charge is -2.29. The van der Waals surface area contributed by atoms with Gasteiger partial charge in [-0.05, 0) is 41.7 Å². The van der Waals surface area contributed by atoms with Crippen LogP contribution in [0.4, 0.5) is 0 Å². The zero-order valence-corrected chi connectivity index (χ0v) is 18.5. The van der Waals surface area contributed by atoms with Crippen molar-refractivity contribution in [3.05, 3.63) is 78.1 Å². The third kappa shape index (κ3) is 4.88. The molecule has 1 aliphatic rings. The summed E-state index contributed by atoms with van der Waals surface area (Å²) in [4.78, 5) is 15.3. The van der Waals surface area contributed by atoms with E-state index in [1.165, 1.54) is 0 Å². The van der Waals surface area contributed by atoms with Gasteiger partial charge in [-0.25, -0.2) is 8.42 Å². The molecule has 1 saturated heterocycles. The van der Waals surface area contributed by atoms with Crippen LogP contribution in [0, 0.1) is 0 Å². The van der Waals surface area contributed by atoms with E-state index in [-0.39, 0.29) is 23.5 Å². The number of rotatable bonds is 7. The van der Waals surface area contributed by atoms with Crippen LogP contribution in [-0.4, -0.2) is 53.1 Å². The van der Waals surface area contributed by atoms with Crippen molar-refractivity contribution in [3.63, 3.8) is 0 Å². The predicted octanol–water partition coefficient (Wildman–Crippen LogP) is 3.64. The number of carbonyl (C=O) groups excluding carboxylic acids is 1. The smallest absolute Gasteiger partial charge is 0.254 e. The van der Waals surface area contributed by atoms with Crippen molar-refractivity contribution in [1.29, 1.82) is 0 Å². The van der Waals surface area contributed by atoms with Gasteiger partial charge in [-0.15, -0.1) is 0 Å². The highest BCUT2D eigenvalue weighted by molar-refractivity contribution is 7.91. The molecule has 0 spiro atoms. The molecule has 0 radical (unpaired) electrons. The number of amides is 1. The van der Waals surface area contributed by atoms with Gasteiger partial charge in [0.05, 0.1) is 18.1 Å². The molecule has 0 aliphatic carbocycles. The normalized spacial score (nSPS) is 17.5. The first-order valence-electron chi connectivity index (χ1n) is 10.6. The molecule has 31 heavy (non-hydrogen) atoms. The quantitative estimate of drug-likeness (QED) is 0.566. The Morgan fingerprint density at radius 2 is 1.90 bits per heavy atom. The zero-order valence-electron chi connectivity index (χ0n) is 17.6. The van der Waals surface area contributed by atoms with Crippen LogP contribution in [-0.2, 0) is 16.4 Å². The Balaban J connectivity index is 1.60. The highest BCUT2D eigenvalue weighted by Crippen LogP contribution is 2.28. The van der Waals surface area contributed by atoms with E-state index in [9.17, 15) is 13.2 Å². The fraction of sp³-hybridized carbons (Fsp3) is 0.333. The van der Waals surface area contributed by atoms with E-state index in [2.05, 4.69) is 5.10 Å². The van der Waals surface area contributed by atoms with Crippen molar-refractivity contribution >= 4 is 15.7 Å². The molecule has 7 heteroatoms. The fourth-order valence-corrected chi connectivity index (χ4v) is 5.89. The van der Waals surface area contributed by atoms with Crippen LogP contribution < -0.4 is 0 Å². The summed E-state index contributed by atoms with van der Waals surface area (Å²) in [5.41, 5.74) is 3.56. The molecule has 2 aromatic carbocycles. The number of benzene rings is 2. The lowest BCUT2D eigenvalue weighted by molar-refractivity contribution is 0.0698. The van der Waals surface area contributed by atoms with E-state index in [0.717, 1.165) is 23.1 Å². The molecule has 4 rings (SSSR count). The van der Waals surface area contributed by atoms with Crippen molar-refractivity contribution < 1.29 is 13.2 Å². The third-order valence-corrected chi connectivity index (χ3v) is 7.45. The van der Waals surface area contributed by atoms with Crippen LogP contribution in [0.5, 0.6) is 0 Å². The van der Waals surface area contributed by atoms with Crippen molar-refractivity contribution in [2.45, 2.75) is 32.4 Å². The summed E-state index contributed by atoms with van der Waals surface area (Å²) in [7, 11) is -3.06. The number of carbonyl (C=O) groups is 1. The van der Waals surface area contributed by atoms with E-state index < -0.39 is 9.84 Å². The molecule has 0 N–H and O–H groups in total. The van der Waals surface area contributed by atoms with Crippen LogP contribution >= 0.6 is 0 Å². The van der Waals surface area contributed by atoms with Crippen LogP contribution in [0.25, 0.3) is 11.1 Å². The number of hydrogen-bond acceptors (Lipinski definition) is 4. The maximum Gasteiger partial charge on any atom is 0.254 e. The first-order chi connectivity index (χ1) is 15.0. The molecular weight excluding hydrogens is 410 g/mol. The Hall–Kier alpha value is -2.93. The van der Waals surface area contributed by atoms with Crippen molar-refractivity contribution in [2.75, 3.05) is 18.1 Å². The second kappa shape index (κ2) is 9.06. The van der Waals surface area contributed by atoms with Gasteiger partial charge in [-0.2, -0.15) is 5.10 Å². The van der Waals surface area contributed by atoms with E-state index >= 15 is 0 Å². The summed E-state index contributed by atoms with van der Waals surface area (Å²) >= 11 is 0. The molecule has 162 valence electrons. The Morgan fingerprint density at radius 3 is 2.55 bits per heavy atom. The Morgan fingerprint density at radius 1 is 1.13 bits per heavy atom. The standard InChI is InChI=1S/C24H27N3O3S/c1-2-14-27(21-12-16-31(29,30)18-21)24(28)23-7-4-3-6-22(23)20-10-8-19(9-11-20)17-26-15-5-13-25-26/h3-11,13,15,21H,2,12,14,16-18H2,1H3. The average molecular weight is 438 g/mol. The van der Waals surface area contributed by atoms with Gasteiger partial charge >= 0.3 is 0 Å². The molecular formula is C24H27N3O3S. The maximum absolute atomic E-state index is 13.5. The molecule has 3 aromatic rings. The fourth-order valence-electron chi connectivity index (χ4n) is 4.16. The lowest BCUT2D eigenvalue weighted by atomic mass is 9.97. The minimum Gasteiger partial charge on any atom is -0.335 e. The number of hydrogen-bond donors (Lipinski definition) is 0. The summed E-state index contributed by atoms with van der Waals surface area (Å²) in [6.45, 7) is 3.25. The number of aromatic nitrogens is 2. The number of sulfone groups is 1. The van der Waals surface area contributed by atoms with E-state index in [4.69, 9.17) is 0 Å². The molecule has 1 amide bonds. The third-order valence-electron chi connectivity index (χ3n) is 5.70. The first-order valence-corrected chi connectivity index (χ1v) is 12.5. The van der Waals surface area contributed by atoms with E-state index in [0.29, 0.717) is 25.1 Å². The summed E-state index contributed by atoms with van der Waals surface area (Å²) in [6, 6.07) is 17.4. The van der Waals surface area contributed by atoms with Crippen LogP contribution in [0.15, 0.2) is 67.0 Å². The van der Waals surface area contributed by atoms with Gasteiger partial charge in [0.1, 0.15) is 0 Å². The average Bonchev–Trinajstić information content (AvgIpc) is 3.41. The topological polar surface area (TPSA) is 72.3 Å². The predicted molar refractivity (Wildman–Crippen MR) is 122 cm³/mol. The maximum atomic E-state index is 13.5. The second-order valence-electron chi connectivity index (χ2n) is 8.00. The van der Waals surface area contributed by atoms with Gasteiger partial charge in [0, 0.05) is 30.5 Å². The van der Waals surface area contributed by atoms with Crippen LogP contribution in [0.1, 0.15) is 35.7 Å². The Bertz CT molecular complexity index is 1140. The lowest BCUT2D eigenvalue weighted by Crippen LogP contribution is -2.41. The Kier molecular flexibility index (Phi) is 6.23. The van der Waals surface area contributed by atoms with Crippen LogP contribution in [0.3, 0.4) is 0 Å². The molecule has 1 unspecified atom stereocenters. The highest BCUT2D eigenvalue weighted by Gasteiger charge is 2.35. The summed E-state index contributed by atoms with van der Waals surface area (Å²) in [6.07, 6.45) is 4.98. The van der Waals surface area contributed by atoms with Crippen molar-refractivity contribution in [3.8, 4) is 11.1 Å². The minimum absolute atomic E-state index is 0.0586. The number of nitrogens with zero attached hydrogens (tertiary/aromatic N) is 3. The van der Waals surface area contributed by atoms with Gasteiger partial charge in [-0.1, -0.05) is 49.4 Å². The molecule has 1 aliphatic heterocycles. The van der Waals surface area contributed by atoms with Crippen LogP contribution in [0.2, 0.25) is 0 Å². The molecule has 1 aromatic heterocycles. The molecule has 2 heterocycles.